The summed E-state index contributed by atoms with van der Waals surface area (Å²) in [4.78, 5) is 43.5. The molecular formula is C31H27ClF2N2O5S. The van der Waals surface area contributed by atoms with Crippen LogP contribution in [-0.4, -0.2) is 30.9 Å². The van der Waals surface area contributed by atoms with Crippen LogP contribution in [-0.2, 0) is 23.9 Å². The van der Waals surface area contributed by atoms with E-state index in [0.29, 0.717) is 16.7 Å². The molecule has 0 amide bonds. The molecule has 1 aliphatic heterocycles. The second kappa shape index (κ2) is 12.1. The van der Waals surface area contributed by atoms with Crippen LogP contribution in [0.15, 0.2) is 82.6 Å². The Balaban J connectivity index is 1.84. The van der Waals surface area contributed by atoms with Crippen molar-refractivity contribution in [1.29, 1.82) is 0 Å². The fourth-order valence-electron chi connectivity index (χ4n) is 5.67. The molecule has 2 aromatic carbocycles. The molecule has 218 valence electrons. The number of hydrogen-bond acceptors (Lipinski definition) is 8. The number of anilines is 1. The van der Waals surface area contributed by atoms with Gasteiger partial charge in [-0.05, 0) is 61.5 Å². The van der Waals surface area contributed by atoms with Crippen LogP contribution in [0.3, 0.4) is 0 Å². The van der Waals surface area contributed by atoms with Crippen molar-refractivity contribution in [1.82, 2.24) is 0 Å². The van der Waals surface area contributed by atoms with Crippen molar-refractivity contribution in [2.75, 3.05) is 18.1 Å². The number of halogens is 3. The quantitative estimate of drug-likeness (QED) is 0.250. The lowest BCUT2D eigenvalue weighted by Gasteiger charge is -2.43. The summed E-state index contributed by atoms with van der Waals surface area (Å²) in [5, 5.41) is 2.16. The van der Waals surface area contributed by atoms with E-state index in [1.807, 2.05) is 11.4 Å². The first-order valence-corrected chi connectivity index (χ1v) is 14.6. The van der Waals surface area contributed by atoms with Crippen LogP contribution in [0.1, 0.15) is 42.5 Å². The van der Waals surface area contributed by atoms with Gasteiger partial charge in [0.1, 0.15) is 23.4 Å². The molecule has 1 aliphatic carbocycles. The third kappa shape index (κ3) is 5.20. The summed E-state index contributed by atoms with van der Waals surface area (Å²) in [5.41, 5.74) is 7.18. The summed E-state index contributed by atoms with van der Waals surface area (Å²) in [6.07, 6.45) is 0.0652. The number of hydrogen-bond donors (Lipinski definition) is 1. The largest absolute Gasteiger partial charge is 0.465 e. The number of nitrogens with zero attached hydrogens (tertiary/aromatic N) is 1. The van der Waals surface area contributed by atoms with Gasteiger partial charge in [0.15, 0.2) is 5.78 Å². The van der Waals surface area contributed by atoms with E-state index in [9.17, 15) is 18.8 Å². The second-order valence-corrected chi connectivity index (χ2v) is 11.1. The molecule has 0 bridgehead atoms. The number of esters is 2. The van der Waals surface area contributed by atoms with Gasteiger partial charge in [-0.2, -0.15) is 0 Å². The van der Waals surface area contributed by atoms with Crippen LogP contribution < -0.4 is 10.6 Å². The highest BCUT2D eigenvalue weighted by Gasteiger charge is 2.52. The zero-order valence-electron chi connectivity index (χ0n) is 22.7. The smallest absolute Gasteiger partial charge is 0.338 e. The number of ketones is 1. The van der Waals surface area contributed by atoms with Crippen LogP contribution in [0.25, 0.3) is 0 Å². The van der Waals surface area contributed by atoms with E-state index in [1.165, 1.54) is 22.3 Å². The summed E-state index contributed by atoms with van der Waals surface area (Å²) in [6.45, 7) is 3.31. The van der Waals surface area contributed by atoms with Crippen molar-refractivity contribution in [3.8, 4) is 0 Å². The van der Waals surface area contributed by atoms with E-state index in [0.717, 1.165) is 10.9 Å². The van der Waals surface area contributed by atoms with Crippen molar-refractivity contribution in [3.63, 3.8) is 0 Å². The molecule has 42 heavy (non-hydrogen) atoms. The third-order valence-corrected chi connectivity index (χ3v) is 8.56. The summed E-state index contributed by atoms with van der Waals surface area (Å²) in [7, 11) is 0. The number of carbonyl (C=O) groups is 3. The van der Waals surface area contributed by atoms with Crippen LogP contribution >= 0.6 is 22.9 Å². The molecule has 3 aromatic rings. The topological polar surface area (TPSA) is 98.9 Å². The Morgan fingerprint density at radius 1 is 1.07 bits per heavy atom. The van der Waals surface area contributed by atoms with E-state index >= 15 is 4.39 Å². The lowest BCUT2D eigenvalue weighted by atomic mass is 9.68. The first-order valence-electron chi connectivity index (χ1n) is 13.3. The molecule has 3 atom stereocenters. The van der Waals surface area contributed by atoms with Gasteiger partial charge >= 0.3 is 11.9 Å². The maximum atomic E-state index is 15.4. The van der Waals surface area contributed by atoms with Gasteiger partial charge in [0.05, 0.1) is 30.4 Å². The van der Waals surface area contributed by atoms with Crippen LogP contribution in [0.2, 0.25) is 5.02 Å². The molecule has 2 N–H and O–H groups in total. The Hall–Kier alpha value is -4.02. The van der Waals surface area contributed by atoms with E-state index < -0.39 is 47.1 Å². The van der Waals surface area contributed by atoms with Crippen LogP contribution in [0.4, 0.5) is 14.5 Å². The average molecular weight is 613 g/mol. The van der Waals surface area contributed by atoms with Crippen LogP contribution in [0, 0.1) is 17.6 Å². The van der Waals surface area contributed by atoms with Crippen molar-refractivity contribution in [3.05, 3.63) is 110 Å². The molecule has 0 fully saturated rings. The number of thiophene rings is 1. The van der Waals surface area contributed by atoms with Gasteiger partial charge in [-0.15, -0.1) is 11.3 Å². The van der Waals surface area contributed by atoms with Crippen molar-refractivity contribution in [2.45, 2.75) is 32.1 Å². The number of ether oxygens (including phenoxy) is 2. The molecule has 0 unspecified atom stereocenters. The van der Waals surface area contributed by atoms with Crippen molar-refractivity contribution in [2.24, 2.45) is 11.7 Å². The van der Waals surface area contributed by atoms with Gasteiger partial charge in [-0.25, -0.2) is 13.6 Å². The molecule has 0 radical (unpaired) electrons. The fraction of sp³-hybridized carbons (Fsp3) is 0.258. The van der Waals surface area contributed by atoms with Gasteiger partial charge in [-0.1, -0.05) is 29.8 Å². The van der Waals surface area contributed by atoms with Gasteiger partial charge in [0, 0.05) is 33.2 Å². The normalized spacial score (nSPS) is 20.5. The van der Waals surface area contributed by atoms with E-state index in [-0.39, 0.29) is 48.0 Å². The minimum absolute atomic E-state index is 0.00541. The highest BCUT2D eigenvalue weighted by Crippen LogP contribution is 2.52. The van der Waals surface area contributed by atoms with Crippen molar-refractivity contribution < 1.29 is 32.6 Å². The van der Waals surface area contributed by atoms with Gasteiger partial charge in [-0.3, -0.25) is 14.5 Å². The predicted octanol–water partition coefficient (Wildman–Crippen LogP) is 6.21. The van der Waals surface area contributed by atoms with E-state index in [2.05, 4.69) is 0 Å². The van der Waals surface area contributed by atoms with Gasteiger partial charge < -0.3 is 15.2 Å². The standard InChI is InChI=1S/C31H27ClF2N2O5S/c1-3-40-30(38)25-19(23-9-6-12-42-23)15-22-26(28(25)37)24(16-7-5-8-17(32)13-16)27(31(39)41-4-2)29(35)36(22)21-11-10-18(33)14-20(21)34/h5-14,19,24-25H,3-4,15,35H2,1-2H3/t19-,24-,25+/m0/s1. The van der Waals surface area contributed by atoms with Gasteiger partial charge in [0.2, 0.25) is 0 Å². The maximum absolute atomic E-state index is 15.4. The number of carbonyl (C=O) groups excluding carboxylic acids is 3. The second-order valence-electron chi connectivity index (χ2n) is 9.72. The highest BCUT2D eigenvalue weighted by atomic mass is 35.5. The SMILES string of the molecule is CCOC(=O)C1=C(N)N(c2ccc(F)cc2F)C2=C(C(=O)[C@H](C(=O)OCC)[C@H](c3cccs3)C2)[C@@H]1c1cccc(Cl)c1. The first-order chi connectivity index (χ1) is 20.2. The van der Waals surface area contributed by atoms with E-state index in [4.69, 9.17) is 26.8 Å². The Bertz CT molecular complexity index is 1620. The minimum Gasteiger partial charge on any atom is -0.465 e. The first kappa shape index (κ1) is 29.5. The minimum atomic E-state index is -1.24. The number of benzene rings is 2. The Kier molecular flexibility index (Phi) is 8.47. The summed E-state index contributed by atoms with van der Waals surface area (Å²) >= 11 is 7.70. The molecule has 5 rings (SSSR count). The predicted molar refractivity (Wildman–Crippen MR) is 155 cm³/mol. The Morgan fingerprint density at radius 3 is 2.48 bits per heavy atom. The summed E-state index contributed by atoms with van der Waals surface area (Å²) < 4.78 is 40.1. The Morgan fingerprint density at radius 2 is 1.83 bits per heavy atom. The molecule has 0 saturated carbocycles. The van der Waals surface area contributed by atoms with Crippen LogP contribution in [0.5, 0.6) is 0 Å². The number of Topliss-reactive ketones (excluding diaryl/α,β-unsaturated/α-hetero) is 1. The molecular weight excluding hydrogens is 586 g/mol. The zero-order valence-corrected chi connectivity index (χ0v) is 24.3. The molecule has 1 aromatic heterocycles. The average Bonchev–Trinajstić information content (AvgIpc) is 3.48. The molecule has 0 spiro atoms. The molecule has 2 heterocycles. The zero-order chi connectivity index (χ0) is 30.1. The lowest BCUT2D eigenvalue weighted by molar-refractivity contribution is -0.152. The molecule has 0 saturated heterocycles. The van der Waals surface area contributed by atoms with E-state index in [1.54, 1.807) is 44.2 Å². The summed E-state index contributed by atoms with van der Waals surface area (Å²) in [5.74, 6) is -7.10. The maximum Gasteiger partial charge on any atom is 0.338 e. The molecule has 7 nitrogen and oxygen atoms in total. The highest BCUT2D eigenvalue weighted by molar-refractivity contribution is 7.10. The fourth-order valence-corrected chi connectivity index (χ4v) is 6.73. The lowest BCUT2D eigenvalue weighted by Crippen LogP contribution is -2.46. The Labute approximate surface area is 250 Å². The van der Waals surface area contributed by atoms with Gasteiger partial charge in [0.25, 0.3) is 0 Å². The summed E-state index contributed by atoms with van der Waals surface area (Å²) in [6, 6.07) is 13.1. The van der Waals surface area contributed by atoms with Crippen molar-refractivity contribution >= 4 is 46.3 Å². The number of nitrogens with two attached hydrogens (primary N) is 1. The molecule has 11 heteroatoms. The third-order valence-electron chi connectivity index (χ3n) is 7.32. The molecule has 2 aliphatic rings. The number of allylic oxidation sites excluding steroid dienone is 2. The number of rotatable bonds is 7. The monoisotopic (exact) mass is 612 g/mol.